The SMILES string of the molecule is CN=C(NCCN(C)CCOC)N1CCN(C(=O)c2ccco2)CC1. The zero-order valence-corrected chi connectivity index (χ0v) is 15.4. The largest absolute Gasteiger partial charge is 0.459 e. The predicted molar refractivity (Wildman–Crippen MR) is 96.9 cm³/mol. The molecular formula is C17H29N5O3. The van der Waals surface area contributed by atoms with Crippen LogP contribution in [0.3, 0.4) is 0 Å². The Morgan fingerprint density at radius 3 is 2.64 bits per heavy atom. The normalized spacial score (nSPS) is 15.8. The van der Waals surface area contributed by atoms with Crippen LogP contribution in [0.4, 0.5) is 0 Å². The molecule has 140 valence electrons. The lowest BCUT2D eigenvalue weighted by Crippen LogP contribution is -2.54. The summed E-state index contributed by atoms with van der Waals surface area (Å²) in [5.74, 6) is 1.23. The van der Waals surface area contributed by atoms with Gasteiger partial charge in [-0.2, -0.15) is 0 Å². The smallest absolute Gasteiger partial charge is 0.289 e. The summed E-state index contributed by atoms with van der Waals surface area (Å²) < 4.78 is 10.3. The number of nitrogens with one attached hydrogen (secondary N) is 1. The zero-order chi connectivity index (χ0) is 18.1. The zero-order valence-electron chi connectivity index (χ0n) is 15.4. The van der Waals surface area contributed by atoms with Crippen molar-refractivity contribution in [3.8, 4) is 0 Å². The number of rotatable bonds is 7. The molecule has 0 unspecified atom stereocenters. The average molecular weight is 351 g/mol. The van der Waals surface area contributed by atoms with Crippen molar-refractivity contribution in [3.63, 3.8) is 0 Å². The molecule has 0 spiro atoms. The third-order valence-corrected chi connectivity index (χ3v) is 4.26. The van der Waals surface area contributed by atoms with Gasteiger partial charge in [-0.15, -0.1) is 0 Å². The molecule has 1 saturated heterocycles. The van der Waals surface area contributed by atoms with Gasteiger partial charge in [-0.25, -0.2) is 0 Å². The number of carbonyl (C=O) groups is 1. The topological polar surface area (TPSA) is 73.6 Å². The number of hydrogen-bond donors (Lipinski definition) is 1. The first kappa shape index (κ1) is 19.3. The minimum absolute atomic E-state index is 0.0487. The number of piperazine rings is 1. The number of carbonyl (C=O) groups excluding carboxylic acids is 1. The number of methoxy groups -OCH3 is 1. The van der Waals surface area contributed by atoms with Gasteiger partial charge >= 0.3 is 0 Å². The molecule has 1 fully saturated rings. The standard InChI is InChI=1S/C17H29N5O3/c1-18-17(19-6-7-20(2)12-14-24-3)22-10-8-21(9-11-22)16(23)15-5-4-13-25-15/h4-5,13H,6-12,14H2,1-3H3,(H,18,19). The van der Waals surface area contributed by atoms with Gasteiger partial charge in [0.05, 0.1) is 12.9 Å². The molecule has 1 aromatic heterocycles. The van der Waals surface area contributed by atoms with Crippen LogP contribution in [0.15, 0.2) is 27.8 Å². The molecule has 0 bridgehead atoms. The Morgan fingerprint density at radius 1 is 1.32 bits per heavy atom. The fraction of sp³-hybridized carbons (Fsp3) is 0.647. The van der Waals surface area contributed by atoms with Crippen LogP contribution in [0.2, 0.25) is 0 Å². The molecule has 0 aromatic carbocycles. The molecule has 2 rings (SSSR count). The maximum absolute atomic E-state index is 12.3. The van der Waals surface area contributed by atoms with Crippen molar-refractivity contribution < 1.29 is 13.9 Å². The second kappa shape index (κ2) is 10.0. The fourth-order valence-corrected chi connectivity index (χ4v) is 2.73. The molecular weight excluding hydrogens is 322 g/mol. The maximum atomic E-state index is 12.3. The van der Waals surface area contributed by atoms with Gasteiger partial charge in [0.1, 0.15) is 0 Å². The molecule has 1 aliphatic heterocycles. The monoisotopic (exact) mass is 351 g/mol. The minimum Gasteiger partial charge on any atom is -0.459 e. The Morgan fingerprint density at radius 2 is 2.04 bits per heavy atom. The summed E-state index contributed by atoms with van der Waals surface area (Å²) in [5.41, 5.74) is 0. The summed E-state index contributed by atoms with van der Waals surface area (Å²) in [6, 6.07) is 3.44. The lowest BCUT2D eigenvalue weighted by Gasteiger charge is -2.36. The van der Waals surface area contributed by atoms with Gasteiger partial charge in [0.15, 0.2) is 11.7 Å². The first-order valence-electron chi connectivity index (χ1n) is 8.61. The van der Waals surface area contributed by atoms with E-state index >= 15 is 0 Å². The minimum atomic E-state index is -0.0487. The van der Waals surface area contributed by atoms with Crippen LogP contribution >= 0.6 is 0 Å². The number of likely N-dealkylation sites (N-methyl/N-ethyl adjacent to an activating group) is 1. The molecule has 8 heteroatoms. The van der Waals surface area contributed by atoms with E-state index in [0.29, 0.717) is 18.8 Å². The molecule has 0 saturated carbocycles. The summed E-state index contributed by atoms with van der Waals surface area (Å²) >= 11 is 0. The number of furan rings is 1. The molecule has 0 radical (unpaired) electrons. The summed E-state index contributed by atoms with van der Waals surface area (Å²) in [4.78, 5) is 22.9. The van der Waals surface area contributed by atoms with Crippen molar-refractivity contribution in [2.45, 2.75) is 0 Å². The molecule has 1 aromatic rings. The van der Waals surface area contributed by atoms with Crippen molar-refractivity contribution >= 4 is 11.9 Å². The molecule has 8 nitrogen and oxygen atoms in total. The first-order valence-corrected chi connectivity index (χ1v) is 8.61. The van der Waals surface area contributed by atoms with Crippen molar-refractivity contribution in [2.75, 3.05) is 73.6 Å². The van der Waals surface area contributed by atoms with Crippen molar-refractivity contribution in [1.29, 1.82) is 0 Å². The number of nitrogens with zero attached hydrogens (tertiary/aromatic N) is 4. The van der Waals surface area contributed by atoms with Crippen LogP contribution in [-0.2, 0) is 4.74 Å². The van der Waals surface area contributed by atoms with E-state index in [2.05, 4.69) is 27.2 Å². The highest BCUT2D eigenvalue weighted by molar-refractivity contribution is 5.91. The highest BCUT2D eigenvalue weighted by atomic mass is 16.5. The Hall–Kier alpha value is -2.06. The molecule has 0 atom stereocenters. The third-order valence-electron chi connectivity index (χ3n) is 4.26. The van der Waals surface area contributed by atoms with Gasteiger partial charge in [0.25, 0.3) is 5.91 Å². The van der Waals surface area contributed by atoms with E-state index in [1.165, 1.54) is 6.26 Å². The summed E-state index contributed by atoms with van der Waals surface area (Å²) in [7, 11) is 5.57. The van der Waals surface area contributed by atoms with Gasteiger partial charge in [0.2, 0.25) is 0 Å². The predicted octanol–water partition coefficient (Wildman–Crippen LogP) is 0.191. The van der Waals surface area contributed by atoms with Crippen molar-refractivity contribution in [3.05, 3.63) is 24.2 Å². The average Bonchev–Trinajstić information content (AvgIpc) is 3.18. The third kappa shape index (κ3) is 5.75. The van der Waals surface area contributed by atoms with E-state index in [4.69, 9.17) is 9.15 Å². The summed E-state index contributed by atoms with van der Waals surface area (Å²) in [5, 5.41) is 3.39. The van der Waals surface area contributed by atoms with Crippen molar-refractivity contribution in [1.82, 2.24) is 20.0 Å². The van der Waals surface area contributed by atoms with Gasteiger partial charge in [-0.3, -0.25) is 9.79 Å². The molecule has 1 amide bonds. The van der Waals surface area contributed by atoms with Gasteiger partial charge < -0.3 is 29.2 Å². The van der Waals surface area contributed by atoms with Crippen LogP contribution in [0.25, 0.3) is 0 Å². The van der Waals surface area contributed by atoms with E-state index in [-0.39, 0.29) is 5.91 Å². The molecule has 0 aliphatic carbocycles. The second-order valence-corrected chi connectivity index (χ2v) is 6.03. The Bertz CT molecular complexity index is 538. The number of ether oxygens (including phenoxy) is 1. The Labute approximate surface area is 149 Å². The summed E-state index contributed by atoms with van der Waals surface area (Å²) in [6.45, 7) is 6.21. The second-order valence-electron chi connectivity index (χ2n) is 6.03. The first-order chi connectivity index (χ1) is 12.2. The lowest BCUT2D eigenvalue weighted by atomic mass is 10.3. The quantitative estimate of drug-likeness (QED) is 0.558. The van der Waals surface area contributed by atoms with Gasteiger partial charge in [0, 0.05) is 60.0 Å². The molecule has 2 heterocycles. The number of aliphatic imine (C=N–C) groups is 1. The summed E-state index contributed by atoms with van der Waals surface area (Å²) in [6.07, 6.45) is 1.53. The molecule has 25 heavy (non-hydrogen) atoms. The van der Waals surface area contributed by atoms with Crippen molar-refractivity contribution in [2.24, 2.45) is 4.99 Å². The van der Waals surface area contributed by atoms with Crippen LogP contribution in [0, 0.1) is 0 Å². The van der Waals surface area contributed by atoms with E-state index in [1.54, 1.807) is 26.3 Å². The van der Waals surface area contributed by atoms with E-state index < -0.39 is 0 Å². The Kier molecular flexibility index (Phi) is 7.75. The molecule has 1 aliphatic rings. The highest BCUT2D eigenvalue weighted by Gasteiger charge is 2.25. The van der Waals surface area contributed by atoms with Crippen LogP contribution in [0.5, 0.6) is 0 Å². The van der Waals surface area contributed by atoms with E-state index in [9.17, 15) is 4.79 Å². The van der Waals surface area contributed by atoms with E-state index in [0.717, 1.165) is 45.3 Å². The van der Waals surface area contributed by atoms with E-state index in [1.807, 2.05) is 4.90 Å². The highest BCUT2D eigenvalue weighted by Crippen LogP contribution is 2.09. The number of hydrogen-bond acceptors (Lipinski definition) is 5. The van der Waals surface area contributed by atoms with Crippen LogP contribution in [-0.4, -0.2) is 100 Å². The number of guanidine groups is 1. The lowest BCUT2D eigenvalue weighted by molar-refractivity contribution is 0.0657. The van der Waals surface area contributed by atoms with Crippen LogP contribution < -0.4 is 5.32 Å². The van der Waals surface area contributed by atoms with Crippen LogP contribution in [0.1, 0.15) is 10.6 Å². The Balaban J connectivity index is 1.73. The van der Waals surface area contributed by atoms with Gasteiger partial charge in [-0.05, 0) is 19.2 Å². The fourth-order valence-electron chi connectivity index (χ4n) is 2.73. The number of amides is 1. The van der Waals surface area contributed by atoms with Gasteiger partial charge in [-0.1, -0.05) is 0 Å². The molecule has 1 N–H and O–H groups in total. The maximum Gasteiger partial charge on any atom is 0.289 e.